The zero-order chi connectivity index (χ0) is 36.9. The standard InChI is InChI=1S/C6H16OSi.2C5H12Si.3C4H12OSi.C3H10OSi.CH4/c1-5-6-8(3,4)7-2;5*1-5-6(2,3)4;1-4-5(2)3;/h5-6H2,1-4H3;2*5H,1H2,2-4H3;3*1-4H3;5H,1-3H3;1H4. The molecule has 276 valence electrons. The van der Waals surface area contributed by atoms with Crippen molar-refractivity contribution in [2.24, 2.45) is 0 Å². The second kappa shape index (κ2) is 33.7. The summed E-state index contributed by atoms with van der Waals surface area (Å²) in [6, 6.07) is 1.28. The van der Waals surface area contributed by atoms with E-state index in [1.165, 1.54) is 12.5 Å². The second-order valence-corrected chi connectivity index (χ2v) is 47.3. The van der Waals surface area contributed by atoms with E-state index in [4.69, 9.17) is 22.1 Å². The van der Waals surface area contributed by atoms with Crippen LogP contribution < -0.4 is 0 Å². The molecule has 0 unspecified atom stereocenters. The molecule has 0 saturated heterocycles. The predicted molar refractivity (Wildman–Crippen MR) is 230 cm³/mol. The van der Waals surface area contributed by atoms with Crippen LogP contribution in [0.15, 0.2) is 24.6 Å². The van der Waals surface area contributed by atoms with Gasteiger partial charge in [0.25, 0.3) is 0 Å². The van der Waals surface area contributed by atoms with Crippen LogP contribution in [0.25, 0.3) is 0 Å². The summed E-state index contributed by atoms with van der Waals surface area (Å²) in [7, 11) is 1.94. The van der Waals surface area contributed by atoms with E-state index in [-0.39, 0.29) is 7.43 Å². The van der Waals surface area contributed by atoms with Gasteiger partial charge in [-0.05, 0) is 91.2 Å². The largest absolute Gasteiger partial charge is 0.424 e. The molecule has 0 aliphatic rings. The van der Waals surface area contributed by atoms with Crippen LogP contribution >= 0.6 is 0 Å². The molecular formula is C32H90O5Si7. The molecule has 0 aliphatic heterocycles. The Morgan fingerprint density at radius 1 is 0.500 bits per heavy atom. The average Bonchev–Trinajstić information content (AvgIpc) is 2.84. The van der Waals surface area contributed by atoms with Crippen LogP contribution in [0.3, 0.4) is 0 Å². The van der Waals surface area contributed by atoms with Gasteiger partial charge >= 0.3 is 0 Å². The lowest BCUT2D eigenvalue weighted by molar-refractivity contribution is 0.403. The highest BCUT2D eigenvalue weighted by Gasteiger charge is 2.17. The minimum Gasteiger partial charge on any atom is -0.424 e. The fraction of sp³-hybridized carbons (Fsp3) is 0.875. The Labute approximate surface area is 290 Å². The molecule has 0 atom stereocenters. The van der Waals surface area contributed by atoms with Gasteiger partial charge in [0.15, 0.2) is 42.3 Å². The van der Waals surface area contributed by atoms with E-state index < -0.39 is 58.5 Å². The zero-order valence-electron chi connectivity index (χ0n) is 34.6. The van der Waals surface area contributed by atoms with E-state index in [1.54, 1.807) is 28.4 Å². The molecule has 0 aliphatic carbocycles. The summed E-state index contributed by atoms with van der Waals surface area (Å²) in [5.74, 6) is 0. The topological polar surface area (TPSA) is 46.2 Å². The van der Waals surface area contributed by atoms with Gasteiger partial charge in [-0.25, -0.2) is 0 Å². The van der Waals surface area contributed by atoms with Gasteiger partial charge in [-0.3, -0.25) is 0 Å². The van der Waals surface area contributed by atoms with Crippen LogP contribution in [-0.2, 0) is 22.1 Å². The summed E-state index contributed by atoms with van der Waals surface area (Å²) < 4.78 is 25.4. The number of hydrogen-bond acceptors (Lipinski definition) is 5. The van der Waals surface area contributed by atoms with E-state index in [0.717, 1.165) is 0 Å². The molecule has 5 nitrogen and oxygen atoms in total. The fourth-order valence-corrected chi connectivity index (χ4v) is 2.11. The Kier molecular flexibility index (Phi) is 48.6. The van der Waals surface area contributed by atoms with E-state index in [9.17, 15) is 0 Å². The highest BCUT2D eigenvalue weighted by Crippen LogP contribution is 2.10. The Morgan fingerprint density at radius 2 is 0.659 bits per heavy atom. The summed E-state index contributed by atoms with van der Waals surface area (Å²) >= 11 is 0. The quantitative estimate of drug-likeness (QED) is 0.220. The van der Waals surface area contributed by atoms with Gasteiger partial charge in [0.2, 0.25) is 0 Å². The predicted octanol–water partition coefficient (Wildman–Crippen LogP) is 12.0. The molecule has 0 aromatic carbocycles. The lowest BCUT2D eigenvalue weighted by atomic mass is 10.6. The van der Waals surface area contributed by atoms with Gasteiger partial charge in [-0.15, -0.1) is 24.6 Å². The third-order valence-electron chi connectivity index (χ3n) is 4.94. The normalized spacial score (nSPS) is 11.2. The van der Waals surface area contributed by atoms with Crippen LogP contribution in [0.1, 0.15) is 20.8 Å². The monoisotopic (exact) mass is 751 g/mol. The summed E-state index contributed by atoms with van der Waals surface area (Å²) in [6.45, 7) is 51.4. The van der Waals surface area contributed by atoms with E-state index in [2.05, 4.69) is 156 Å². The molecule has 0 fully saturated rings. The molecule has 0 amide bonds. The highest BCUT2D eigenvalue weighted by molar-refractivity contribution is 6.81. The molecule has 0 radical (unpaired) electrons. The Morgan fingerprint density at radius 3 is 0.682 bits per heavy atom. The van der Waals surface area contributed by atoms with E-state index in [1.807, 2.05) is 7.11 Å². The van der Waals surface area contributed by atoms with Crippen LogP contribution in [-0.4, -0.2) is 94.0 Å². The van der Waals surface area contributed by atoms with Crippen molar-refractivity contribution in [1.82, 2.24) is 0 Å². The maximum atomic E-state index is 5.32. The molecule has 0 spiro atoms. The lowest BCUT2D eigenvalue weighted by Crippen LogP contribution is -2.27. The molecule has 0 saturated carbocycles. The van der Waals surface area contributed by atoms with Crippen molar-refractivity contribution in [1.29, 1.82) is 0 Å². The smallest absolute Gasteiger partial charge is 0.186 e. The van der Waals surface area contributed by atoms with Crippen LogP contribution in [0.4, 0.5) is 0 Å². The van der Waals surface area contributed by atoms with Crippen LogP contribution in [0, 0.1) is 0 Å². The van der Waals surface area contributed by atoms with Gasteiger partial charge in [-0.2, -0.15) is 0 Å². The van der Waals surface area contributed by atoms with Gasteiger partial charge < -0.3 is 22.1 Å². The molecule has 44 heavy (non-hydrogen) atoms. The summed E-state index contributed by atoms with van der Waals surface area (Å²) in [4.78, 5) is 0. The van der Waals surface area contributed by atoms with Crippen LogP contribution in [0.2, 0.25) is 130 Å². The molecule has 0 rings (SSSR count). The third kappa shape index (κ3) is 122. The van der Waals surface area contributed by atoms with Crippen molar-refractivity contribution in [3.63, 3.8) is 0 Å². The van der Waals surface area contributed by atoms with Gasteiger partial charge in [0.05, 0.1) is 16.1 Å². The van der Waals surface area contributed by atoms with E-state index in [0.29, 0.717) is 0 Å². The summed E-state index contributed by atoms with van der Waals surface area (Å²) in [5.41, 5.74) is 4.15. The first-order valence-corrected chi connectivity index (χ1v) is 39.0. The van der Waals surface area contributed by atoms with Crippen molar-refractivity contribution in [2.45, 2.75) is 151 Å². The second-order valence-electron chi connectivity index (χ2n) is 16.1. The Hall–Kier alpha value is 0.798. The molecule has 0 bridgehead atoms. The molecule has 0 aromatic rings. The summed E-state index contributed by atoms with van der Waals surface area (Å²) in [5, 5.41) is 0. The number of hydrogen-bond donors (Lipinski definition) is 0. The first kappa shape index (κ1) is 63.5. The van der Waals surface area contributed by atoms with Gasteiger partial charge in [0, 0.05) is 35.5 Å². The zero-order valence-corrected chi connectivity index (χ0v) is 41.8. The maximum Gasteiger partial charge on any atom is 0.186 e. The number of rotatable bonds is 9. The minimum atomic E-state index is -1.18. The van der Waals surface area contributed by atoms with E-state index >= 15 is 0 Å². The maximum absolute atomic E-state index is 5.32. The minimum absolute atomic E-state index is 0. The first-order valence-electron chi connectivity index (χ1n) is 15.7. The summed E-state index contributed by atoms with van der Waals surface area (Å²) in [6.07, 6.45) is 1.26. The van der Waals surface area contributed by atoms with Crippen molar-refractivity contribution in [3.8, 4) is 0 Å². The molecule has 0 aromatic heterocycles. The first-order chi connectivity index (χ1) is 18.7. The molecule has 12 heteroatoms. The molecular weight excluding hydrogens is 661 g/mol. The third-order valence-corrected chi connectivity index (χ3v) is 14.8. The van der Waals surface area contributed by atoms with Gasteiger partial charge in [0.1, 0.15) is 0 Å². The Balaban J connectivity index is -0.0000000573. The van der Waals surface area contributed by atoms with Crippen molar-refractivity contribution >= 4 is 58.5 Å². The fourth-order valence-electron chi connectivity index (χ4n) is 0.704. The molecule has 0 N–H and O–H groups in total. The Bertz CT molecular complexity index is 533. The lowest BCUT2D eigenvalue weighted by Gasteiger charge is -2.17. The van der Waals surface area contributed by atoms with Crippen molar-refractivity contribution in [2.75, 3.05) is 35.5 Å². The molecule has 0 heterocycles. The van der Waals surface area contributed by atoms with Gasteiger partial charge in [-0.1, -0.05) is 60.1 Å². The average molecular weight is 752 g/mol. The highest BCUT2D eigenvalue weighted by atomic mass is 28.4. The van der Waals surface area contributed by atoms with Crippen molar-refractivity contribution in [3.05, 3.63) is 24.6 Å². The van der Waals surface area contributed by atoms with Crippen LogP contribution in [0.5, 0.6) is 0 Å². The SMILES string of the molecule is C.C=C[Si](C)(C)C.C=C[Si](C)(C)C.CCC[Si](C)(C)OC.CO[SiH](C)C.CO[Si](C)(C)C.CO[Si](C)(C)C.CO[Si](C)(C)C. The van der Waals surface area contributed by atoms with Crippen molar-refractivity contribution < 1.29 is 22.1 Å².